The maximum atomic E-state index is 13.6. The Morgan fingerprint density at radius 1 is 1.11 bits per heavy atom. The van der Waals surface area contributed by atoms with Gasteiger partial charge in [0.15, 0.2) is 0 Å². The molecule has 0 aliphatic heterocycles. The monoisotopic (exact) mass is 750 g/mol. The third-order valence-corrected chi connectivity index (χ3v) is 6.38. The Kier molecular flexibility index (Phi) is 12.8. The zero-order valence-electron chi connectivity index (χ0n) is 22.5. The van der Waals surface area contributed by atoms with Crippen molar-refractivity contribution in [1.82, 2.24) is 10.2 Å². The Bertz CT molecular complexity index is 1140. The van der Waals surface area contributed by atoms with Gasteiger partial charge < -0.3 is 22.1 Å². The average molecular weight is 751 g/mol. The summed E-state index contributed by atoms with van der Waals surface area (Å²) in [6.07, 6.45) is 7.33. The second-order valence-electron chi connectivity index (χ2n) is 9.07. The summed E-state index contributed by atoms with van der Waals surface area (Å²) in [7, 11) is 3.51. The predicted octanol–water partition coefficient (Wildman–Crippen LogP) is 7.69. The van der Waals surface area contributed by atoms with E-state index in [4.69, 9.17) is 6.58 Å². The number of benzene rings is 2. The topological polar surface area (TPSA) is 44.4 Å². The van der Waals surface area contributed by atoms with Gasteiger partial charge in [0.2, 0.25) is 5.91 Å². The van der Waals surface area contributed by atoms with Crippen LogP contribution >= 0.6 is 9.24 Å². The number of alkyl halides is 2. The van der Waals surface area contributed by atoms with E-state index in [1.165, 1.54) is 12.1 Å². The van der Waals surface area contributed by atoms with Gasteiger partial charge in [0.05, 0.1) is 5.54 Å². The summed E-state index contributed by atoms with van der Waals surface area (Å²) in [5, 5.41) is 6.40. The molecule has 0 aromatic heterocycles. The van der Waals surface area contributed by atoms with Crippen LogP contribution in [0.15, 0.2) is 66.5 Å². The first kappa shape index (κ1) is 33.1. The van der Waals surface area contributed by atoms with Gasteiger partial charge in [-0.3, -0.25) is 4.79 Å². The van der Waals surface area contributed by atoms with Crippen molar-refractivity contribution >= 4 is 32.1 Å². The molecular formula is C29H37F2N3OPU-. The van der Waals surface area contributed by atoms with Crippen LogP contribution in [0.25, 0.3) is 5.57 Å². The van der Waals surface area contributed by atoms with E-state index in [0.29, 0.717) is 17.7 Å². The molecule has 2 atom stereocenters. The summed E-state index contributed by atoms with van der Waals surface area (Å²) in [6, 6.07) is 11.9. The third kappa shape index (κ3) is 9.10. The van der Waals surface area contributed by atoms with Crippen molar-refractivity contribution in [2.24, 2.45) is 0 Å². The molecule has 0 saturated carbocycles. The number of nitrogens with zero attached hydrogens (tertiary/aromatic N) is 1. The van der Waals surface area contributed by atoms with Crippen LogP contribution in [0.5, 0.6) is 0 Å². The molecule has 0 aliphatic rings. The molecule has 0 spiro atoms. The average Bonchev–Trinajstić information content (AvgIpc) is 2.82. The summed E-state index contributed by atoms with van der Waals surface area (Å²) < 4.78 is 27.2. The number of carbonyl (C=O) groups excluding carboxylic acids is 1. The molecule has 0 aliphatic carbocycles. The molecule has 1 amide bonds. The largest absolute Gasteiger partial charge is 0.512 e. The normalized spacial score (nSPS) is 13.5. The van der Waals surface area contributed by atoms with Crippen LogP contribution in [0.2, 0.25) is 0 Å². The Hall–Kier alpha value is -1.93. The third-order valence-electron chi connectivity index (χ3n) is 6.04. The minimum Gasteiger partial charge on any atom is -0.512 e. The van der Waals surface area contributed by atoms with Crippen LogP contribution < -0.4 is 10.6 Å². The number of carbonyl (C=O) groups is 1. The van der Waals surface area contributed by atoms with E-state index in [0.717, 1.165) is 28.8 Å². The van der Waals surface area contributed by atoms with Gasteiger partial charge in [-0.1, -0.05) is 54.3 Å². The van der Waals surface area contributed by atoms with Gasteiger partial charge in [0.1, 0.15) is 0 Å². The fraction of sp³-hybridized carbons (Fsp3) is 0.345. The molecular weight excluding hydrogens is 713 g/mol. The van der Waals surface area contributed by atoms with E-state index in [-0.39, 0.29) is 42.6 Å². The number of rotatable bonds is 11. The Morgan fingerprint density at radius 2 is 1.70 bits per heavy atom. The molecule has 2 aromatic carbocycles. The van der Waals surface area contributed by atoms with Crippen molar-refractivity contribution in [1.29, 1.82) is 0 Å². The Morgan fingerprint density at radius 3 is 2.22 bits per heavy atom. The molecule has 0 bridgehead atoms. The van der Waals surface area contributed by atoms with Crippen LogP contribution in [0.1, 0.15) is 64.2 Å². The van der Waals surface area contributed by atoms with Gasteiger partial charge >= 0.3 is 0 Å². The van der Waals surface area contributed by atoms with Crippen LogP contribution in [0.3, 0.4) is 0 Å². The smallest absolute Gasteiger partial charge is 0.283 e. The molecule has 8 heteroatoms. The van der Waals surface area contributed by atoms with Crippen LogP contribution in [0.4, 0.5) is 20.2 Å². The zero-order valence-corrected chi connectivity index (χ0v) is 27.8. The fourth-order valence-electron chi connectivity index (χ4n) is 3.68. The minimum atomic E-state index is -2.98. The van der Waals surface area contributed by atoms with Crippen LogP contribution in [-0.4, -0.2) is 17.9 Å². The number of amides is 1. The minimum absolute atomic E-state index is 0. The van der Waals surface area contributed by atoms with E-state index in [1.807, 2.05) is 56.4 Å². The first-order valence-corrected chi connectivity index (χ1v) is 12.6. The van der Waals surface area contributed by atoms with Crippen molar-refractivity contribution in [3.63, 3.8) is 0 Å². The fourth-order valence-corrected chi connectivity index (χ4v) is 3.87. The summed E-state index contributed by atoms with van der Waals surface area (Å²) in [6.45, 7) is 15.8. The maximum Gasteiger partial charge on any atom is 0.283 e. The van der Waals surface area contributed by atoms with E-state index >= 15 is 0 Å². The molecule has 0 radical (unpaired) electrons. The standard InChI is InChI=1S/C29H37F2N3OP.U/c1-8-10-17-34(7)19-21(5)25-18-23(28(6,20(3)4)33-27(35)9-2)13-16-26(25)32-24-14-11-22(12-15-24)29(30,31)36;/h3,10-19,32H,8-9,36H2,1-2,4-7H3,(H,33,35);/q-1;/b17-10+,21-19+;. The van der Waals surface area contributed by atoms with E-state index in [2.05, 4.69) is 23.6 Å². The molecule has 4 nitrogen and oxygen atoms in total. The number of hydrogen-bond donors (Lipinski definition) is 2. The van der Waals surface area contributed by atoms with E-state index in [9.17, 15) is 13.6 Å². The summed E-state index contributed by atoms with van der Waals surface area (Å²) >= 11 is 0. The van der Waals surface area contributed by atoms with Gasteiger partial charge in [-0.15, -0.1) is 0 Å². The maximum absolute atomic E-state index is 13.6. The molecule has 0 saturated heterocycles. The number of allylic oxidation sites excluding steroid dienone is 2. The first-order chi connectivity index (χ1) is 16.8. The van der Waals surface area contributed by atoms with Gasteiger partial charge in [0.25, 0.3) is 5.66 Å². The zero-order chi connectivity index (χ0) is 27.1. The SMILES string of the molecule is [CH-]=C(C)C(C)(NC(=O)CC)c1ccc(Nc2ccc(C(F)(F)P)cc2)c(/C(C)=C/N(C)/C=C/CC)c1.[U]. The van der Waals surface area contributed by atoms with Gasteiger partial charge in [0, 0.05) is 73.3 Å². The van der Waals surface area contributed by atoms with Crippen molar-refractivity contribution in [2.75, 3.05) is 12.4 Å². The van der Waals surface area contributed by atoms with Gasteiger partial charge in [-0.2, -0.15) is 8.78 Å². The van der Waals surface area contributed by atoms with Crippen molar-refractivity contribution < 1.29 is 44.7 Å². The molecule has 2 N–H and O–H groups in total. The number of hydrogen-bond acceptors (Lipinski definition) is 3. The van der Waals surface area contributed by atoms with E-state index < -0.39 is 11.2 Å². The van der Waals surface area contributed by atoms with E-state index in [1.54, 1.807) is 35.2 Å². The molecule has 0 fully saturated rings. The van der Waals surface area contributed by atoms with Gasteiger partial charge in [-0.05, 0) is 61.9 Å². The summed E-state index contributed by atoms with van der Waals surface area (Å²) in [5.41, 5.74) is 0.813. The van der Waals surface area contributed by atoms with Crippen LogP contribution in [-0.2, 0) is 16.0 Å². The second-order valence-corrected chi connectivity index (χ2v) is 9.79. The quantitative estimate of drug-likeness (QED) is 0.183. The van der Waals surface area contributed by atoms with Crippen molar-refractivity contribution in [3.05, 3.63) is 89.8 Å². The number of nitrogens with one attached hydrogen (secondary N) is 2. The second kappa shape index (κ2) is 14.3. The van der Waals surface area contributed by atoms with Crippen molar-refractivity contribution in [2.45, 2.75) is 58.7 Å². The molecule has 0 heterocycles. The number of halogens is 2. The molecule has 2 aromatic rings. The number of anilines is 2. The predicted molar refractivity (Wildman–Crippen MR) is 150 cm³/mol. The molecule has 2 rings (SSSR count). The first-order valence-electron chi connectivity index (χ1n) is 12.0. The summed E-state index contributed by atoms with van der Waals surface area (Å²) in [5.74, 6) is -0.103. The molecule has 198 valence electrons. The summed E-state index contributed by atoms with van der Waals surface area (Å²) in [4.78, 5) is 14.3. The van der Waals surface area contributed by atoms with Crippen molar-refractivity contribution in [3.8, 4) is 0 Å². The Labute approximate surface area is 246 Å². The molecule has 2 unspecified atom stereocenters. The molecule has 37 heavy (non-hydrogen) atoms. The van der Waals surface area contributed by atoms with Crippen LogP contribution in [0, 0.1) is 37.7 Å². The Balaban J connectivity index is 0.00000684. The van der Waals surface area contributed by atoms with Gasteiger partial charge in [-0.25, -0.2) is 5.57 Å².